The number of hydrazine groups is 1. The van der Waals surface area contributed by atoms with E-state index in [1.165, 1.54) is 30.9 Å². The Kier molecular flexibility index (Phi) is 7.96. The molecule has 2 saturated carbocycles. The second-order valence-corrected chi connectivity index (χ2v) is 12.9. The molecule has 5 aliphatic rings. The fraction of sp³-hybridized carbons (Fsp3) is 0.613. The maximum Gasteiger partial charge on any atom is 0.228 e. The van der Waals surface area contributed by atoms with Crippen molar-refractivity contribution in [3.05, 3.63) is 48.1 Å². The number of benzene rings is 1. The average molecular weight is 568 g/mol. The van der Waals surface area contributed by atoms with E-state index in [0.29, 0.717) is 31.2 Å². The third-order valence-electron chi connectivity index (χ3n) is 10.1. The Hall–Kier alpha value is -2.39. The molecule has 1 aromatic rings. The second kappa shape index (κ2) is 11.5. The van der Waals surface area contributed by atoms with Crippen LogP contribution in [0, 0.1) is 11.8 Å². The molecule has 0 aromatic heterocycles. The zero-order valence-electron chi connectivity index (χ0n) is 23.1. The third-order valence-corrected chi connectivity index (χ3v) is 10.5. The number of likely N-dealkylation sites (tertiary alicyclic amines) is 1. The Morgan fingerprint density at radius 1 is 1.12 bits per heavy atom. The lowest BCUT2D eigenvalue weighted by atomic mass is 9.74. The van der Waals surface area contributed by atoms with Gasteiger partial charge in [-0.25, -0.2) is 5.43 Å². The molecule has 9 heteroatoms. The van der Waals surface area contributed by atoms with Gasteiger partial charge in [-0.2, -0.15) is 0 Å². The van der Waals surface area contributed by atoms with Crippen molar-refractivity contribution in [2.75, 3.05) is 18.1 Å². The number of carbonyl (C=O) groups excluding carboxylic acids is 2. The Bertz CT molecular complexity index is 1190. The fourth-order valence-corrected chi connectivity index (χ4v) is 8.03. The summed E-state index contributed by atoms with van der Waals surface area (Å²) >= 11 is 6.27. The van der Waals surface area contributed by atoms with Crippen molar-refractivity contribution in [3.63, 3.8) is 0 Å². The van der Waals surface area contributed by atoms with E-state index in [-0.39, 0.29) is 53.2 Å². The van der Waals surface area contributed by atoms with Crippen molar-refractivity contribution >= 4 is 29.0 Å². The highest BCUT2D eigenvalue weighted by atomic mass is 35.5. The maximum absolute atomic E-state index is 14.0. The molecule has 1 amide bonds. The van der Waals surface area contributed by atoms with Gasteiger partial charge in [0.15, 0.2) is 5.78 Å². The van der Waals surface area contributed by atoms with E-state index in [1.807, 2.05) is 6.07 Å². The Labute approximate surface area is 241 Å². The lowest BCUT2D eigenvalue weighted by Crippen LogP contribution is -2.61. The van der Waals surface area contributed by atoms with E-state index >= 15 is 0 Å². The van der Waals surface area contributed by atoms with E-state index in [9.17, 15) is 14.7 Å². The molecule has 0 radical (unpaired) electrons. The molecule has 1 aromatic carbocycles. The number of anilines is 1. The summed E-state index contributed by atoms with van der Waals surface area (Å²) in [5.74, 6) is 0.792. The zero-order valence-corrected chi connectivity index (χ0v) is 23.9. The molecule has 3 saturated heterocycles. The molecule has 40 heavy (non-hydrogen) atoms. The highest BCUT2D eigenvalue weighted by Crippen LogP contribution is 2.46. The van der Waals surface area contributed by atoms with Gasteiger partial charge in [0.25, 0.3) is 0 Å². The summed E-state index contributed by atoms with van der Waals surface area (Å²) in [5.41, 5.74) is 13.1. The number of nitrogens with zero attached hydrogens (tertiary/aromatic N) is 2. The van der Waals surface area contributed by atoms with Crippen molar-refractivity contribution in [3.8, 4) is 5.75 Å². The minimum atomic E-state index is -0.304. The molecule has 5 fully saturated rings. The smallest absolute Gasteiger partial charge is 0.228 e. The molecule has 8 nitrogen and oxygen atoms in total. The number of phenolic OH excluding ortho intramolecular Hbond substituents is 1. The number of amides is 1. The summed E-state index contributed by atoms with van der Waals surface area (Å²) in [4.78, 5) is 28.3. The SMILES string of the molecule is C=CC(=O)/C=C1\CCC2NN(c3ccc(C4CCC4)cc3O)C3CCN(C(=O)C4CNC(Cl)CC4N)C(CC1)C23. The average Bonchev–Trinajstić information content (AvgIpc) is 3.26. The van der Waals surface area contributed by atoms with E-state index < -0.39 is 0 Å². The number of carbonyl (C=O) groups is 2. The largest absolute Gasteiger partial charge is 0.506 e. The van der Waals surface area contributed by atoms with Gasteiger partial charge >= 0.3 is 0 Å². The molecule has 0 spiro atoms. The van der Waals surface area contributed by atoms with Crippen LogP contribution in [0.25, 0.3) is 0 Å². The molecular weight excluding hydrogens is 526 g/mol. The Morgan fingerprint density at radius 3 is 2.62 bits per heavy atom. The summed E-state index contributed by atoms with van der Waals surface area (Å²) < 4.78 is 0. The molecule has 2 aliphatic carbocycles. The van der Waals surface area contributed by atoms with Gasteiger partial charge in [0.2, 0.25) is 5.91 Å². The first-order valence-electron chi connectivity index (χ1n) is 15.0. The first kappa shape index (κ1) is 27.8. The highest BCUT2D eigenvalue weighted by Gasteiger charge is 2.52. The Balaban J connectivity index is 1.30. The lowest BCUT2D eigenvalue weighted by Gasteiger charge is -2.48. The molecule has 5 N–H and O–H groups in total. The summed E-state index contributed by atoms with van der Waals surface area (Å²) in [7, 11) is 0. The van der Waals surface area contributed by atoms with Crippen LogP contribution in [0.3, 0.4) is 0 Å². The molecule has 7 unspecified atom stereocenters. The van der Waals surface area contributed by atoms with Crippen molar-refractivity contribution in [1.82, 2.24) is 15.6 Å². The zero-order chi connectivity index (χ0) is 28.0. The van der Waals surface area contributed by atoms with Crippen LogP contribution < -0.4 is 21.5 Å². The van der Waals surface area contributed by atoms with Gasteiger partial charge in [0, 0.05) is 37.1 Å². The predicted octanol–water partition coefficient (Wildman–Crippen LogP) is 3.70. The second-order valence-electron chi connectivity index (χ2n) is 12.4. The van der Waals surface area contributed by atoms with Crippen LogP contribution in [0.5, 0.6) is 5.75 Å². The first-order valence-corrected chi connectivity index (χ1v) is 15.5. The van der Waals surface area contributed by atoms with Crippen molar-refractivity contribution in [1.29, 1.82) is 0 Å². The lowest BCUT2D eigenvalue weighted by molar-refractivity contribution is -0.142. The Morgan fingerprint density at radius 2 is 1.93 bits per heavy atom. The maximum atomic E-state index is 14.0. The first-order chi connectivity index (χ1) is 19.3. The normalized spacial score (nSPS) is 35.5. The fourth-order valence-electron chi connectivity index (χ4n) is 7.74. The van der Waals surface area contributed by atoms with Crippen LogP contribution in [0.1, 0.15) is 69.3 Å². The standard InChI is InChI=1S/C31H42ClN5O3/c1-2-21(38)14-18-6-9-24-30-26(10-7-18)36(31(40)22-17-34-29(32)16-23(22)33)13-12-27(30)37(35-24)25-11-8-20(15-28(25)39)19-4-3-5-19/h2,8,11,14-15,19,22-24,26-27,29-30,34-35,39H,1,3-7,9-10,12-13,16-17,33H2/b18-14+. The van der Waals surface area contributed by atoms with Crippen LogP contribution >= 0.6 is 11.6 Å². The van der Waals surface area contributed by atoms with Crippen LogP contribution in [0.15, 0.2) is 42.5 Å². The number of ketones is 1. The minimum absolute atomic E-state index is 0.00796. The molecule has 216 valence electrons. The molecule has 3 aliphatic heterocycles. The molecule has 3 heterocycles. The van der Waals surface area contributed by atoms with Crippen molar-refractivity contribution < 1.29 is 14.7 Å². The van der Waals surface area contributed by atoms with Crippen LogP contribution in [-0.4, -0.2) is 64.5 Å². The number of nitrogens with two attached hydrogens (primary N) is 1. The van der Waals surface area contributed by atoms with Gasteiger partial charge in [-0.15, -0.1) is 11.6 Å². The van der Waals surface area contributed by atoms with Crippen molar-refractivity contribution in [2.45, 2.75) is 93.4 Å². The summed E-state index contributed by atoms with van der Waals surface area (Å²) in [6.45, 7) is 4.75. The van der Waals surface area contributed by atoms with Gasteiger partial charge in [0.05, 0.1) is 23.1 Å². The number of nitrogens with one attached hydrogen (secondary N) is 2. The van der Waals surface area contributed by atoms with Crippen molar-refractivity contribution in [2.24, 2.45) is 17.6 Å². The monoisotopic (exact) mass is 567 g/mol. The van der Waals surface area contributed by atoms with Gasteiger partial charge in [0.1, 0.15) is 5.75 Å². The number of hydrogen-bond donors (Lipinski definition) is 4. The number of piperidine rings is 2. The summed E-state index contributed by atoms with van der Waals surface area (Å²) in [6, 6.07) is 6.18. The van der Waals surface area contributed by atoms with Crippen LogP contribution in [0.4, 0.5) is 5.69 Å². The molecule has 6 rings (SSSR count). The van der Waals surface area contributed by atoms with Gasteiger partial charge in [-0.1, -0.05) is 24.6 Å². The van der Waals surface area contributed by atoms with E-state index in [0.717, 1.165) is 43.4 Å². The van der Waals surface area contributed by atoms with E-state index in [2.05, 4.69) is 39.4 Å². The number of alkyl halides is 1. The predicted molar refractivity (Wildman–Crippen MR) is 157 cm³/mol. The minimum Gasteiger partial charge on any atom is -0.506 e. The summed E-state index contributed by atoms with van der Waals surface area (Å²) in [6.07, 6.45) is 11.3. The molecular formula is C31H42ClN5O3. The van der Waals surface area contributed by atoms with Gasteiger partial charge < -0.3 is 26.1 Å². The van der Waals surface area contributed by atoms with Gasteiger partial charge in [-0.05, 0) is 87.1 Å². The van der Waals surface area contributed by atoms with E-state index in [1.54, 1.807) is 6.08 Å². The highest BCUT2D eigenvalue weighted by molar-refractivity contribution is 6.20. The van der Waals surface area contributed by atoms with E-state index in [4.69, 9.17) is 17.3 Å². The number of halogens is 1. The number of phenols is 1. The number of rotatable bonds is 5. The molecule has 7 atom stereocenters. The molecule has 0 bridgehead atoms. The quantitative estimate of drug-likeness (QED) is 0.244. The number of hydrogen-bond acceptors (Lipinski definition) is 7. The topological polar surface area (TPSA) is 111 Å². The number of aromatic hydroxyl groups is 1. The van der Waals surface area contributed by atoms with Crippen LogP contribution in [-0.2, 0) is 9.59 Å². The third kappa shape index (κ3) is 5.20. The number of allylic oxidation sites excluding steroid dienone is 3. The summed E-state index contributed by atoms with van der Waals surface area (Å²) in [5, 5.41) is 16.6. The van der Waals surface area contributed by atoms with Crippen LogP contribution in [0.2, 0.25) is 0 Å². The van der Waals surface area contributed by atoms with Gasteiger partial charge in [-0.3, -0.25) is 9.59 Å².